The van der Waals surface area contributed by atoms with Crippen LogP contribution in [0.1, 0.15) is 33.5 Å². The Bertz CT molecular complexity index is 905. The van der Waals surface area contributed by atoms with Gasteiger partial charge in [-0.3, -0.25) is 4.79 Å². The molecule has 3 nitrogen and oxygen atoms in total. The number of halogens is 1. The molecule has 0 saturated carbocycles. The van der Waals surface area contributed by atoms with Gasteiger partial charge in [0.05, 0.1) is 0 Å². The van der Waals surface area contributed by atoms with Gasteiger partial charge in [-0.15, -0.1) is 0 Å². The second kappa shape index (κ2) is 9.95. The van der Waals surface area contributed by atoms with Gasteiger partial charge in [0.1, 0.15) is 12.4 Å². The maximum Gasteiger partial charge on any atom is 0.251 e. The van der Waals surface area contributed by atoms with Gasteiger partial charge < -0.3 is 10.1 Å². The Hall–Kier alpha value is -2.78. The summed E-state index contributed by atoms with van der Waals surface area (Å²) >= 11 is 6.13. The van der Waals surface area contributed by atoms with E-state index in [4.69, 9.17) is 16.3 Å². The predicted molar refractivity (Wildman–Crippen MR) is 114 cm³/mol. The summed E-state index contributed by atoms with van der Waals surface area (Å²) < 4.78 is 5.75. The number of benzene rings is 3. The van der Waals surface area contributed by atoms with E-state index in [-0.39, 0.29) is 5.91 Å². The molecule has 1 amide bonds. The van der Waals surface area contributed by atoms with E-state index in [1.165, 1.54) is 11.1 Å². The van der Waals surface area contributed by atoms with E-state index >= 15 is 0 Å². The molecule has 0 aliphatic rings. The molecule has 3 aromatic rings. The van der Waals surface area contributed by atoms with E-state index in [0.29, 0.717) is 29.5 Å². The van der Waals surface area contributed by atoms with Gasteiger partial charge >= 0.3 is 0 Å². The number of nitrogens with one attached hydrogen (secondary N) is 1. The van der Waals surface area contributed by atoms with Gasteiger partial charge in [0.25, 0.3) is 5.91 Å². The molecule has 1 N–H and O–H groups in total. The first kappa shape index (κ1) is 20.0. The van der Waals surface area contributed by atoms with Crippen molar-refractivity contribution in [3.63, 3.8) is 0 Å². The molecule has 0 radical (unpaired) electrons. The quantitative estimate of drug-likeness (QED) is 0.506. The molecule has 0 atom stereocenters. The van der Waals surface area contributed by atoms with Crippen LogP contribution in [-0.2, 0) is 13.0 Å². The first-order valence-electron chi connectivity index (χ1n) is 9.42. The monoisotopic (exact) mass is 393 g/mol. The van der Waals surface area contributed by atoms with E-state index < -0.39 is 0 Å². The third-order valence-electron chi connectivity index (χ3n) is 4.52. The Labute approximate surface area is 171 Å². The highest BCUT2D eigenvalue weighted by atomic mass is 35.5. The second-order valence-electron chi connectivity index (χ2n) is 6.75. The van der Waals surface area contributed by atoms with Gasteiger partial charge in [0.15, 0.2) is 0 Å². The minimum Gasteiger partial charge on any atom is -0.489 e. The molecule has 0 aliphatic heterocycles. The first-order chi connectivity index (χ1) is 13.6. The lowest BCUT2D eigenvalue weighted by atomic mass is 10.1. The fourth-order valence-corrected chi connectivity index (χ4v) is 3.02. The summed E-state index contributed by atoms with van der Waals surface area (Å²) in [5.41, 5.74) is 4.11. The van der Waals surface area contributed by atoms with Gasteiger partial charge in [-0.2, -0.15) is 0 Å². The summed E-state index contributed by atoms with van der Waals surface area (Å²) in [6.07, 6.45) is 1.86. The molecule has 0 saturated heterocycles. The highest BCUT2D eigenvalue weighted by molar-refractivity contribution is 6.31. The Kier molecular flexibility index (Phi) is 7.10. The van der Waals surface area contributed by atoms with Crippen LogP contribution in [0.5, 0.6) is 5.75 Å². The molecule has 3 aromatic carbocycles. The van der Waals surface area contributed by atoms with Crippen molar-refractivity contribution < 1.29 is 9.53 Å². The van der Waals surface area contributed by atoms with E-state index in [1.807, 2.05) is 24.3 Å². The summed E-state index contributed by atoms with van der Waals surface area (Å²) in [7, 11) is 0. The molecule has 0 aromatic heterocycles. The minimum atomic E-state index is -0.0680. The number of hydrogen-bond donors (Lipinski definition) is 1. The van der Waals surface area contributed by atoms with Crippen molar-refractivity contribution >= 4 is 17.5 Å². The number of amides is 1. The van der Waals surface area contributed by atoms with Crippen LogP contribution in [-0.4, -0.2) is 12.5 Å². The minimum absolute atomic E-state index is 0.0680. The van der Waals surface area contributed by atoms with Gasteiger partial charge in [0, 0.05) is 22.7 Å². The molecule has 0 unspecified atom stereocenters. The normalized spacial score (nSPS) is 10.5. The summed E-state index contributed by atoms with van der Waals surface area (Å²) in [6.45, 7) is 3.12. The van der Waals surface area contributed by atoms with Crippen molar-refractivity contribution in [2.75, 3.05) is 6.54 Å². The van der Waals surface area contributed by atoms with Crippen molar-refractivity contribution in [1.29, 1.82) is 0 Å². The van der Waals surface area contributed by atoms with Crippen molar-refractivity contribution in [3.05, 3.63) is 100 Å². The van der Waals surface area contributed by atoms with Crippen LogP contribution < -0.4 is 10.1 Å². The Morgan fingerprint density at radius 2 is 1.68 bits per heavy atom. The zero-order chi connectivity index (χ0) is 19.8. The number of carbonyl (C=O) groups is 1. The Morgan fingerprint density at radius 1 is 0.964 bits per heavy atom. The number of aryl methyl sites for hydroxylation is 2. The zero-order valence-electron chi connectivity index (χ0n) is 16.0. The maximum atomic E-state index is 12.3. The van der Waals surface area contributed by atoms with E-state index in [9.17, 15) is 4.79 Å². The highest BCUT2D eigenvalue weighted by Crippen LogP contribution is 2.19. The van der Waals surface area contributed by atoms with Crippen LogP contribution in [0.25, 0.3) is 0 Å². The van der Waals surface area contributed by atoms with Gasteiger partial charge in [-0.1, -0.05) is 59.6 Å². The zero-order valence-corrected chi connectivity index (χ0v) is 16.7. The standard InChI is InChI=1S/C24H24ClNO2/c1-18-8-10-19(11-9-18)5-4-16-26-24(27)20-12-14-22(15-13-20)28-17-21-6-2-3-7-23(21)25/h2-3,6-15H,4-5,16-17H2,1H3,(H,26,27). The summed E-state index contributed by atoms with van der Waals surface area (Å²) in [5, 5.41) is 3.65. The molecule has 3 rings (SSSR count). The Morgan fingerprint density at radius 3 is 2.39 bits per heavy atom. The summed E-state index contributed by atoms with van der Waals surface area (Å²) in [6, 6.07) is 23.2. The highest BCUT2D eigenvalue weighted by Gasteiger charge is 2.06. The maximum absolute atomic E-state index is 12.3. The second-order valence-corrected chi connectivity index (χ2v) is 7.16. The van der Waals surface area contributed by atoms with Crippen LogP contribution in [0.15, 0.2) is 72.8 Å². The summed E-state index contributed by atoms with van der Waals surface area (Å²) in [5.74, 6) is 0.636. The SMILES string of the molecule is Cc1ccc(CCCNC(=O)c2ccc(OCc3ccccc3Cl)cc2)cc1. The number of carbonyl (C=O) groups excluding carboxylic acids is 1. The lowest BCUT2D eigenvalue weighted by molar-refractivity contribution is 0.0953. The topological polar surface area (TPSA) is 38.3 Å². The first-order valence-corrected chi connectivity index (χ1v) is 9.79. The molecule has 0 fully saturated rings. The molecular weight excluding hydrogens is 370 g/mol. The molecule has 144 valence electrons. The molecule has 0 aliphatic carbocycles. The van der Waals surface area contributed by atoms with Crippen molar-refractivity contribution in [1.82, 2.24) is 5.32 Å². The number of ether oxygens (including phenoxy) is 1. The smallest absolute Gasteiger partial charge is 0.251 e. The Balaban J connectivity index is 1.43. The van der Waals surface area contributed by atoms with Gasteiger partial charge in [-0.25, -0.2) is 0 Å². The largest absolute Gasteiger partial charge is 0.489 e. The lowest BCUT2D eigenvalue weighted by Crippen LogP contribution is -2.24. The average molecular weight is 394 g/mol. The van der Waals surface area contributed by atoms with E-state index in [1.54, 1.807) is 24.3 Å². The molecule has 0 spiro atoms. The fraction of sp³-hybridized carbons (Fsp3) is 0.208. The van der Waals surface area contributed by atoms with Gasteiger partial charge in [0.2, 0.25) is 0 Å². The lowest BCUT2D eigenvalue weighted by Gasteiger charge is -2.09. The van der Waals surface area contributed by atoms with E-state index in [2.05, 4.69) is 36.5 Å². The van der Waals surface area contributed by atoms with Crippen molar-refractivity contribution in [3.8, 4) is 5.75 Å². The summed E-state index contributed by atoms with van der Waals surface area (Å²) in [4.78, 5) is 12.3. The molecule has 0 heterocycles. The fourth-order valence-electron chi connectivity index (χ4n) is 2.83. The van der Waals surface area contributed by atoms with Crippen LogP contribution >= 0.6 is 11.6 Å². The van der Waals surface area contributed by atoms with Crippen molar-refractivity contribution in [2.24, 2.45) is 0 Å². The molecular formula is C24H24ClNO2. The van der Waals surface area contributed by atoms with Crippen LogP contribution in [0, 0.1) is 6.92 Å². The molecule has 4 heteroatoms. The third kappa shape index (κ3) is 5.86. The van der Waals surface area contributed by atoms with Crippen LogP contribution in [0.3, 0.4) is 0 Å². The van der Waals surface area contributed by atoms with E-state index in [0.717, 1.165) is 18.4 Å². The van der Waals surface area contributed by atoms with Crippen LogP contribution in [0.4, 0.5) is 0 Å². The van der Waals surface area contributed by atoms with Gasteiger partial charge in [-0.05, 0) is 55.7 Å². The predicted octanol–water partition coefficient (Wildman–Crippen LogP) is 5.59. The average Bonchev–Trinajstić information content (AvgIpc) is 2.72. The molecule has 0 bridgehead atoms. The number of hydrogen-bond acceptors (Lipinski definition) is 2. The molecule has 28 heavy (non-hydrogen) atoms. The van der Waals surface area contributed by atoms with Crippen molar-refractivity contribution in [2.45, 2.75) is 26.4 Å². The number of rotatable bonds is 8. The van der Waals surface area contributed by atoms with Crippen LogP contribution in [0.2, 0.25) is 5.02 Å². The third-order valence-corrected chi connectivity index (χ3v) is 4.89.